The molecule has 2 N–H and O–H groups in total. The molecule has 0 aliphatic rings. The Morgan fingerprint density at radius 3 is 2.75 bits per heavy atom. The zero-order valence-electron chi connectivity index (χ0n) is 9.47. The number of aryl methyl sites for hydroxylation is 2. The Hall–Kier alpha value is -1.97. The summed E-state index contributed by atoms with van der Waals surface area (Å²) in [5.74, 6) is 0.710. The van der Waals surface area contributed by atoms with Gasteiger partial charge in [-0.3, -0.25) is 4.68 Å². The van der Waals surface area contributed by atoms with Crippen LogP contribution in [0.4, 0.5) is 5.69 Å². The summed E-state index contributed by atoms with van der Waals surface area (Å²) in [5.41, 5.74) is 8.45. The topological polar surface area (TPSA) is 53.1 Å². The average Bonchev–Trinajstić information content (AvgIpc) is 2.56. The molecule has 16 heavy (non-hydrogen) atoms. The number of hydrogen-bond acceptors (Lipinski definition) is 3. The Kier molecular flexibility index (Phi) is 2.81. The van der Waals surface area contributed by atoms with Crippen LogP contribution in [0.5, 0.6) is 5.75 Å². The molecule has 0 aliphatic carbocycles. The predicted molar refractivity (Wildman–Crippen MR) is 63.1 cm³/mol. The van der Waals surface area contributed by atoms with Crippen LogP contribution in [0, 0.1) is 6.92 Å². The summed E-state index contributed by atoms with van der Waals surface area (Å²) in [6, 6.07) is 9.47. The van der Waals surface area contributed by atoms with Gasteiger partial charge in [-0.1, -0.05) is 12.1 Å². The van der Waals surface area contributed by atoms with Crippen molar-refractivity contribution in [3.63, 3.8) is 0 Å². The number of ether oxygens (including phenoxy) is 1. The van der Waals surface area contributed by atoms with Gasteiger partial charge in [-0.25, -0.2) is 0 Å². The van der Waals surface area contributed by atoms with Crippen LogP contribution in [0.15, 0.2) is 30.3 Å². The number of para-hydroxylation sites is 2. The first-order chi connectivity index (χ1) is 7.66. The Balaban J connectivity index is 2.08. The van der Waals surface area contributed by atoms with Crippen molar-refractivity contribution < 1.29 is 4.74 Å². The standard InChI is InChI=1S/C12H15N3O/c1-9-7-10(15(2)14-9)8-16-12-6-4-3-5-11(12)13/h3-7H,8,13H2,1-2H3. The summed E-state index contributed by atoms with van der Waals surface area (Å²) in [5, 5.41) is 4.25. The fourth-order valence-electron chi connectivity index (χ4n) is 1.56. The zero-order chi connectivity index (χ0) is 11.5. The Labute approximate surface area is 94.6 Å². The highest BCUT2D eigenvalue weighted by atomic mass is 16.5. The maximum atomic E-state index is 5.78. The number of hydrogen-bond donors (Lipinski definition) is 1. The first-order valence-corrected chi connectivity index (χ1v) is 5.13. The summed E-state index contributed by atoms with van der Waals surface area (Å²) >= 11 is 0. The first-order valence-electron chi connectivity index (χ1n) is 5.13. The molecule has 84 valence electrons. The highest BCUT2D eigenvalue weighted by Gasteiger charge is 2.04. The summed E-state index contributed by atoms with van der Waals surface area (Å²) in [6.07, 6.45) is 0. The van der Waals surface area contributed by atoms with E-state index < -0.39 is 0 Å². The van der Waals surface area contributed by atoms with E-state index in [2.05, 4.69) is 5.10 Å². The molecule has 0 unspecified atom stereocenters. The lowest BCUT2D eigenvalue weighted by Crippen LogP contribution is -2.04. The predicted octanol–water partition coefficient (Wildman–Crippen LogP) is 1.89. The molecular weight excluding hydrogens is 202 g/mol. The lowest BCUT2D eigenvalue weighted by atomic mass is 10.3. The van der Waals surface area contributed by atoms with Gasteiger partial charge in [-0.15, -0.1) is 0 Å². The monoisotopic (exact) mass is 217 g/mol. The molecule has 2 aromatic rings. The zero-order valence-corrected chi connectivity index (χ0v) is 9.47. The molecule has 1 heterocycles. The highest BCUT2D eigenvalue weighted by Crippen LogP contribution is 2.20. The fraction of sp³-hybridized carbons (Fsp3) is 0.250. The lowest BCUT2D eigenvalue weighted by Gasteiger charge is -2.08. The van der Waals surface area contributed by atoms with Crippen LogP contribution < -0.4 is 10.5 Å². The van der Waals surface area contributed by atoms with E-state index in [1.54, 1.807) is 0 Å². The fourth-order valence-corrected chi connectivity index (χ4v) is 1.56. The molecule has 0 aliphatic heterocycles. The molecule has 0 radical (unpaired) electrons. The number of nitrogen functional groups attached to an aromatic ring is 1. The maximum Gasteiger partial charge on any atom is 0.142 e. The molecule has 2 rings (SSSR count). The molecule has 0 bridgehead atoms. The number of anilines is 1. The van der Waals surface area contributed by atoms with E-state index >= 15 is 0 Å². The van der Waals surface area contributed by atoms with Crippen LogP contribution in [0.1, 0.15) is 11.4 Å². The Morgan fingerprint density at radius 2 is 2.12 bits per heavy atom. The number of nitrogens with two attached hydrogens (primary N) is 1. The minimum Gasteiger partial charge on any atom is -0.485 e. The van der Waals surface area contributed by atoms with E-state index in [1.807, 2.05) is 49.0 Å². The van der Waals surface area contributed by atoms with Crippen LogP contribution in [0.2, 0.25) is 0 Å². The largest absolute Gasteiger partial charge is 0.485 e. The third kappa shape index (κ3) is 2.16. The van der Waals surface area contributed by atoms with Gasteiger partial charge in [-0.2, -0.15) is 5.10 Å². The maximum absolute atomic E-state index is 5.78. The molecule has 0 fully saturated rings. The Bertz CT molecular complexity index is 491. The van der Waals surface area contributed by atoms with E-state index in [4.69, 9.17) is 10.5 Å². The van der Waals surface area contributed by atoms with Crippen molar-refractivity contribution in [2.75, 3.05) is 5.73 Å². The smallest absolute Gasteiger partial charge is 0.142 e. The van der Waals surface area contributed by atoms with Crippen LogP contribution in [0.25, 0.3) is 0 Å². The van der Waals surface area contributed by atoms with Crippen molar-refractivity contribution in [2.45, 2.75) is 13.5 Å². The Morgan fingerprint density at radius 1 is 1.38 bits per heavy atom. The lowest BCUT2D eigenvalue weighted by molar-refractivity contribution is 0.296. The van der Waals surface area contributed by atoms with Crippen molar-refractivity contribution in [3.05, 3.63) is 41.7 Å². The number of benzene rings is 1. The van der Waals surface area contributed by atoms with Gasteiger partial charge in [0.2, 0.25) is 0 Å². The molecular formula is C12H15N3O. The van der Waals surface area contributed by atoms with Gasteiger partial charge in [0.25, 0.3) is 0 Å². The molecule has 0 spiro atoms. The molecule has 0 saturated carbocycles. The summed E-state index contributed by atoms with van der Waals surface area (Å²) in [6.45, 7) is 2.44. The number of nitrogens with zero attached hydrogens (tertiary/aromatic N) is 2. The second-order valence-corrected chi connectivity index (χ2v) is 3.73. The average molecular weight is 217 g/mol. The van der Waals surface area contributed by atoms with Gasteiger partial charge >= 0.3 is 0 Å². The van der Waals surface area contributed by atoms with Crippen molar-refractivity contribution in [2.24, 2.45) is 7.05 Å². The van der Waals surface area contributed by atoms with Crippen LogP contribution in [-0.2, 0) is 13.7 Å². The minimum atomic E-state index is 0.478. The van der Waals surface area contributed by atoms with Crippen LogP contribution in [0.3, 0.4) is 0 Å². The molecule has 0 amide bonds. The molecule has 1 aromatic carbocycles. The third-order valence-corrected chi connectivity index (χ3v) is 2.39. The number of rotatable bonds is 3. The van der Waals surface area contributed by atoms with Gasteiger partial charge in [-0.05, 0) is 25.1 Å². The van der Waals surface area contributed by atoms with E-state index in [0.29, 0.717) is 18.0 Å². The van der Waals surface area contributed by atoms with Crippen molar-refractivity contribution in [3.8, 4) is 5.75 Å². The van der Waals surface area contributed by atoms with Gasteiger partial charge in [0, 0.05) is 7.05 Å². The first kappa shape index (κ1) is 10.5. The number of aromatic nitrogens is 2. The van der Waals surface area contributed by atoms with Crippen molar-refractivity contribution in [1.29, 1.82) is 0 Å². The summed E-state index contributed by atoms with van der Waals surface area (Å²) in [7, 11) is 1.90. The molecule has 4 nitrogen and oxygen atoms in total. The molecule has 0 atom stereocenters. The van der Waals surface area contributed by atoms with Gasteiger partial charge < -0.3 is 10.5 Å². The normalized spacial score (nSPS) is 10.4. The van der Waals surface area contributed by atoms with Crippen molar-refractivity contribution in [1.82, 2.24) is 9.78 Å². The summed E-state index contributed by atoms with van der Waals surface area (Å²) in [4.78, 5) is 0. The molecule has 4 heteroatoms. The molecule has 1 aromatic heterocycles. The van der Waals surface area contributed by atoms with Gasteiger partial charge in [0.05, 0.1) is 17.1 Å². The van der Waals surface area contributed by atoms with Crippen LogP contribution in [-0.4, -0.2) is 9.78 Å². The van der Waals surface area contributed by atoms with Crippen LogP contribution >= 0.6 is 0 Å². The van der Waals surface area contributed by atoms with Gasteiger partial charge in [0.1, 0.15) is 12.4 Å². The van der Waals surface area contributed by atoms with E-state index in [0.717, 1.165) is 11.4 Å². The minimum absolute atomic E-state index is 0.478. The third-order valence-electron chi connectivity index (χ3n) is 2.39. The quantitative estimate of drug-likeness (QED) is 0.799. The van der Waals surface area contributed by atoms with Crippen molar-refractivity contribution >= 4 is 5.69 Å². The van der Waals surface area contributed by atoms with E-state index in [1.165, 1.54) is 0 Å². The molecule has 0 saturated heterocycles. The summed E-state index contributed by atoms with van der Waals surface area (Å²) < 4.78 is 7.45. The second-order valence-electron chi connectivity index (χ2n) is 3.73. The second kappa shape index (κ2) is 4.26. The highest BCUT2D eigenvalue weighted by molar-refractivity contribution is 5.51. The SMILES string of the molecule is Cc1cc(COc2ccccc2N)n(C)n1. The van der Waals surface area contributed by atoms with Gasteiger partial charge in [0.15, 0.2) is 0 Å². The van der Waals surface area contributed by atoms with E-state index in [-0.39, 0.29) is 0 Å². The van der Waals surface area contributed by atoms with E-state index in [9.17, 15) is 0 Å².